The first-order valence-corrected chi connectivity index (χ1v) is 4.76. The fourth-order valence-electron chi connectivity index (χ4n) is 1.23. The minimum Gasteiger partial charge on any atom is -0.0842 e. The molecule has 76 valence electrons. The molecule has 1 aromatic rings. The molecule has 0 spiro atoms. The van der Waals surface area contributed by atoms with Gasteiger partial charge in [-0.05, 0) is 24.5 Å². The van der Waals surface area contributed by atoms with Gasteiger partial charge in [-0.2, -0.15) is 0 Å². The first-order valence-electron chi connectivity index (χ1n) is 4.76. The number of allylic oxidation sites excluding steroid dienone is 4. The highest BCUT2D eigenvalue weighted by atomic mass is 14.0. The molecule has 0 atom stereocenters. The van der Waals surface area contributed by atoms with Crippen LogP contribution >= 0.6 is 0 Å². The van der Waals surface area contributed by atoms with Gasteiger partial charge in [-0.15, -0.1) is 0 Å². The summed E-state index contributed by atoms with van der Waals surface area (Å²) in [5.74, 6) is 0. The van der Waals surface area contributed by atoms with E-state index in [4.69, 9.17) is 0 Å². The molecule has 0 radical (unpaired) electrons. The van der Waals surface area contributed by atoms with Crippen LogP contribution in [0, 0.1) is 0 Å². The van der Waals surface area contributed by atoms with E-state index in [0.29, 0.717) is 0 Å². The highest BCUT2D eigenvalue weighted by molar-refractivity contribution is 5.73. The Morgan fingerprint density at radius 2 is 1.86 bits per heavy atom. The number of hydrogen-bond donors (Lipinski definition) is 0. The highest BCUT2D eigenvalue weighted by Gasteiger charge is 1.92. The molecule has 0 saturated heterocycles. The summed E-state index contributed by atoms with van der Waals surface area (Å²) in [5, 5.41) is 0. The van der Waals surface area contributed by atoms with Crippen LogP contribution in [0.5, 0.6) is 0 Å². The van der Waals surface area contributed by atoms with Gasteiger partial charge in [0.2, 0.25) is 0 Å². The van der Waals surface area contributed by atoms with Gasteiger partial charge < -0.3 is 0 Å². The summed E-state index contributed by atoms with van der Waals surface area (Å²) in [7, 11) is 0. The molecule has 0 heterocycles. The molecular formula is C14H20. The number of rotatable bonds is 3. The molecule has 0 fully saturated rings. The molecule has 0 heteroatoms. The van der Waals surface area contributed by atoms with E-state index in [9.17, 15) is 0 Å². The van der Waals surface area contributed by atoms with E-state index in [-0.39, 0.29) is 7.43 Å². The molecule has 1 rings (SSSR count). The molecule has 0 nitrogen and oxygen atoms in total. The quantitative estimate of drug-likeness (QED) is 0.603. The summed E-state index contributed by atoms with van der Waals surface area (Å²) < 4.78 is 0. The molecule has 14 heavy (non-hydrogen) atoms. The van der Waals surface area contributed by atoms with E-state index in [2.05, 4.69) is 56.3 Å². The average molecular weight is 188 g/mol. The SMILES string of the molecule is C.C/C=C(\C=C/CC)c1ccccc1. The van der Waals surface area contributed by atoms with Crippen molar-refractivity contribution in [2.45, 2.75) is 27.7 Å². The van der Waals surface area contributed by atoms with Crippen LogP contribution in [0.1, 0.15) is 33.3 Å². The Morgan fingerprint density at radius 1 is 1.21 bits per heavy atom. The molecule has 0 aromatic heterocycles. The van der Waals surface area contributed by atoms with E-state index in [0.717, 1.165) is 6.42 Å². The monoisotopic (exact) mass is 188 g/mol. The lowest BCUT2D eigenvalue weighted by Gasteiger charge is -2.00. The zero-order chi connectivity index (χ0) is 9.52. The predicted octanol–water partition coefficient (Wildman–Crippen LogP) is 4.69. The fraction of sp³-hybridized carbons (Fsp3) is 0.286. The molecule has 0 unspecified atom stereocenters. The Kier molecular flexibility index (Phi) is 6.47. The molecule has 0 aliphatic carbocycles. The van der Waals surface area contributed by atoms with Gasteiger partial charge in [0.05, 0.1) is 0 Å². The second kappa shape index (κ2) is 7.14. The van der Waals surface area contributed by atoms with Gasteiger partial charge in [0.1, 0.15) is 0 Å². The molecule has 0 saturated carbocycles. The van der Waals surface area contributed by atoms with Crippen LogP contribution in [-0.2, 0) is 0 Å². The Bertz CT molecular complexity index is 291. The number of hydrogen-bond acceptors (Lipinski definition) is 0. The number of benzene rings is 1. The average Bonchev–Trinajstić information content (AvgIpc) is 2.21. The van der Waals surface area contributed by atoms with Crippen molar-refractivity contribution in [2.75, 3.05) is 0 Å². The first-order chi connectivity index (χ1) is 6.38. The third-order valence-corrected chi connectivity index (χ3v) is 1.95. The van der Waals surface area contributed by atoms with Gasteiger partial charge in [0, 0.05) is 0 Å². The van der Waals surface area contributed by atoms with Crippen molar-refractivity contribution in [1.29, 1.82) is 0 Å². The Balaban J connectivity index is 0.00000169. The van der Waals surface area contributed by atoms with Crippen LogP contribution in [0.2, 0.25) is 0 Å². The molecular weight excluding hydrogens is 168 g/mol. The third-order valence-electron chi connectivity index (χ3n) is 1.95. The maximum Gasteiger partial charge on any atom is -0.0187 e. The zero-order valence-corrected chi connectivity index (χ0v) is 8.33. The smallest absolute Gasteiger partial charge is 0.0187 e. The van der Waals surface area contributed by atoms with Crippen LogP contribution in [-0.4, -0.2) is 0 Å². The van der Waals surface area contributed by atoms with E-state index in [1.165, 1.54) is 11.1 Å². The maximum atomic E-state index is 2.18. The molecule has 0 aliphatic heterocycles. The second-order valence-electron chi connectivity index (χ2n) is 2.92. The van der Waals surface area contributed by atoms with Crippen LogP contribution < -0.4 is 0 Å². The molecule has 0 bridgehead atoms. The Hall–Kier alpha value is -1.30. The van der Waals surface area contributed by atoms with Crippen LogP contribution in [0.15, 0.2) is 48.6 Å². The molecule has 0 aliphatic rings. The van der Waals surface area contributed by atoms with E-state index in [1.54, 1.807) is 0 Å². The van der Waals surface area contributed by atoms with Crippen LogP contribution in [0.4, 0.5) is 0 Å². The normalized spacial score (nSPS) is 11.4. The van der Waals surface area contributed by atoms with Gasteiger partial charge in [-0.1, -0.05) is 62.9 Å². The van der Waals surface area contributed by atoms with Crippen molar-refractivity contribution in [3.05, 3.63) is 54.1 Å². The van der Waals surface area contributed by atoms with Crippen molar-refractivity contribution in [1.82, 2.24) is 0 Å². The van der Waals surface area contributed by atoms with Gasteiger partial charge in [0.25, 0.3) is 0 Å². The lowest BCUT2D eigenvalue weighted by atomic mass is 10.1. The first kappa shape index (κ1) is 12.7. The van der Waals surface area contributed by atoms with Crippen molar-refractivity contribution in [2.24, 2.45) is 0 Å². The summed E-state index contributed by atoms with van der Waals surface area (Å²) in [6.45, 7) is 4.22. The summed E-state index contributed by atoms with van der Waals surface area (Å²) in [6.07, 6.45) is 7.59. The summed E-state index contributed by atoms with van der Waals surface area (Å²) in [6, 6.07) is 10.4. The van der Waals surface area contributed by atoms with Crippen LogP contribution in [0.3, 0.4) is 0 Å². The van der Waals surface area contributed by atoms with Gasteiger partial charge in [0.15, 0.2) is 0 Å². The summed E-state index contributed by atoms with van der Waals surface area (Å²) in [4.78, 5) is 0. The Labute approximate surface area is 88.0 Å². The molecule has 0 N–H and O–H groups in total. The minimum absolute atomic E-state index is 0. The maximum absolute atomic E-state index is 2.18. The Morgan fingerprint density at radius 3 is 2.36 bits per heavy atom. The predicted molar refractivity (Wildman–Crippen MR) is 66.3 cm³/mol. The largest absolute Gasteiger partial charge is 0.0842 e. The summed E-state index contributed by atoms with van der Waals surface area (Å²) >= 11 is 0. The lowest BCUT2D eigenvalue weighted by Crippen LogP contribution is -1.78. The lowest BCUT2D eigenvalue weighted by molar-refractivity contribution is 1.22. The van der Waals surface area contributed by atoms with Gasteiger partial charge in [-0.3, -0.25) is 0 Å². The standard InChI is InChI=1S/C13H16.CH4/c1-3-5-9-12(4-2)13-10-7-6-8-11-13;/h4-11H,3H2,1-2H3;1H4/b9-5-,12-4+;. The topological polar surface area (TPSA) is 0 Å². The van der Waals surface area contributed by atoms with Crippen molar-refractivity contribution in [3.63, 3.8) is 0 Å². The van der Waals surface area contributed by atoms with Crippen LogP contribution in [0.25, 0.3) is 5.57 Å². The highest BCUT2D eigenvalue weighted by Crippen LogP contribution is 2.14. The zero-order valence-electron chi connectivity index (χ0n) is 8.33. The molecule has 0 amide bonds. The van der Waals surface area contributed by atoms with Crippen molar-refractivity contribution < 1.29 is 0 Å². The van der Waals surface area contributed by atoms with Gasteiger partial charge >= 0.3 is 0 Å². The minimum atomic E-state index is 0. The van der Waals surface area contributed by atoms with Gasteiger partial charge in [-0.25, -0.2) is 0 Å². The fourth-order valence-corrected chi connectivity index (χ4v) is 1.23. The van der Waals surface area contributed by atoms with E-state index < -0.39 is 0 Å². The van der Waals surface area contributed by atoms with Crippen molar-refractivity contribution >= 4 is 5.57 Å². The van der Waals surface area contributed by atoms with E-state index in [1.807, 2.05) is 6.07 Å². The van der Waals surface area contributed by atoms with Crippen molar-refractivity contribution in [3.8, 4) is 0 Å². The van der Waals surface area contributed by atoms with E-state index >= 15 is 0 Å². The third kappa shape index (κ3) is 3.61. The second-order valence-corrected chi connectivity index (χ2v) is 2.92. The molecule has 1 aromatic carbocycles. The summed E-state index contributed by atoms with van der Waals surface area (Å²) in [5.41, 5.74) is 2.58.